The van der Waals surface area contributed by atoms with Crippen LogP contribution in [0.1, 0.15) is 31.9 Å². The number of benzene rings is 2. The number of hydrazone groups is 1. The molecule has 0 aliphatic heterocycles. The lowest BCUT2D eigenvalue weighted by atomic mass is 10.2. The summed E-state index contributed by atoms with van der Waals surface area (Å²) < 4.78 is 22.0. The summed E-state index contributed by atoms with van der Waals surface area (Å²) in [6.07, 6.45) is 1.84. The molecule has 2 aromatic rings. The van der Waals surface area contributed by atoms with Gasteiger partial charge < -0.3 is 24.4 Å². The molecule has 0 spiro atoms. The zero-order valence-corrected chi connectivity index (χ0v) is 16.6. The fraction of sp³-hybridized carbons (Fsp3) is 0.381. The van der Waals surface area contributed by atoms with Crippen LogP contribution in [0.3, 0.4) is 0 Å². The van der Waals surface area contributed by atoms with Gasteiger partial charge in [-0.2, -0.15) is 5.10 Å². The van der Waals surface area contributed by atoms with Crippen molar-refractivity contribution in [2.24, 2.45) is 5.10 Å². The number of hydrogen-bond acceptors (Lipinski definition) is 6. The van der Waals surface area contributed by atoms with Gasteiger partial charge in [-0.1, -0.05) is 6.07 Å². The molecule has 0 amide bonds. The van der Waals surface area contributed by atoms with Gasteiger partial charge in [-0.25, -0.2) is 0 Å². The summed E-state index contributed by atoms with van der Waals surface area (Å²) in [5.74, 6) is 2.86. The van der Waals surface area contributed by atoms with Crippen molar-refractivity contribution in [3.63, 3.8) is 0 Å². The molecule has 6 heteroatoms. The Hall–Kier alpha value is -2.89. The molecule has 0 atom stereocenters. The van der Waals surface area contributed by atoms with Crippen LogP contribution >= 0.6 is 0 Å². The summed E-state index contributed by atoms with van der Waals surface area (Å²) in [5.41, 5.74) is 5.01. The molecule has 146 valence electrons. The molecule has 0 unspecified atom stereocenters. The Morgan fingerprint density at radius 3 is 2.37 bits per heavy atom. The molecule has 0 saturated heterocycles. The molecule has 0 radical (unpaired) electrons. The van der Waals surface area contributed by atoms with Crippen LogP contribution in [0.4, 0.5) is 0 Å². The standard InChI is InChI=1S/C21H28N2O4/c1-6-26-21-12-17(8-10-19(21)27-15(2)3)14-23-22-13-16-7-9-18(24-4)20(11-16)25-5/h7-12,14-15,22H,6,13H2,1-5H3/b23-14-. The Bertz CT molecular complexity index is 760. The Balaban J connectivity index is 2.00. The third-order valence-corrected chi connectivity index (χ3v) is 3.67. The summed E-state index contributed by atoms with van der Waals surface area (Å²) in [6.45, 7) is 7.08. The summed E-state index contributed by atoms with van der Waals surface area (Å²) in [5, 5.41) is 4.28. The molecule has 0 aliphatic carbocycles. The fourth-order valence-corrected chi connectivity index (χ4v) is 2.47. The number of ether oxygens (including phenoxy) is 4. The van der Waals surface area contributed by atoms with Crippen molar-refractivity contribution < 1.29 is 18.9 Å². The predicted molar refractivity (Wildman–Crippen MR) is 107 cm³/mol. The van der Waals surface area contributed by atoms with Crippen LogP contribution in [0.15, 0.2) is 41.5 Å². The first kappa shape index (κ1) is 20.4. The second kappa shape index (κ2) is 10.3. The molecule has 0 fully saturated rings. The quantitative estimate of drug-likeness (QED) is 0.504. The molecule has 2 rings (SSSR count). The topological polar surface area (TPSA) is 61.3 Å². The van der Waals surface area contributed by atoms with E-state index >= 15 is 0 Å². The SMILES string of the molecule is CCOc1cc(/C=N\NCc2ccc(OC)c(OC)c2)ccc1OC(C)C. The first-order chi connectivity index (χ1) is 13.1. The molecule has 0 heterocycles. The monoisotopic (exact) mass is 372 g/mol. The maximum absolute atomic E-state index is 5.77. The average molecular weight is 372 g/mol. The van der Waals surface area contributed by atoms with Crippen LogP contribution in [0.5, 0.6) is 23.0 Å². The van der Waals surface area contributed by atoms with Crippen LogP contribution < -0.4 is 24.4 Å². The van der Waals surface area contributed by atoms with E-state index in [1.54, 1.807) is 20.4 Å². The molecule has 0 saturated carbocycles. The number of methoxy groups -OCH3 is 2. The fourth-order valence-electron chi connectivity index (χ4n) is 2.47. The highest BCUT2D eigenvalue weighted by Gasteiger charge is 2.07. The van der Waals surface area contributed by atoms with Crippen molar-refractivity contribution in [1.82, 2.24) is 5.43 Å². The Labute approximate surface area is 161 Å². The first-order valence-corrected chi connectivity index (χ1v) is 8.97. The van der Waals surface area contributed by atoms with E-state index in [-0.39, 0.29) is 6.10 Å². The predicted octanol–water partition coefficient (Wildman–Crippen LogP) is 4.01. The van der Waals surface area contributed by atoms with Crippen molar-refractivity contribution in [2.45, 2.75) is 33.4 Å². The minimum atomic E-state index is 0.0897. The number of hydrogen-bond donors (Lipinski definition) is 1. The smallest absolute Gasteiger partial charge is 0.161 e. The lowest BCUT2D eigenvalue weighted by molar-refractivity contribution is 0.224. The highest BCUT2D eigenvalue weighted by molar-refractivity contribution is 5.80. The Morgan fingerprint density at radius 2 is 1.70 bits per heavy atom. The Morgan fingerprint density at radius 1 is 0.963 bits per heavy atom. The largest absolute Gasteiger partial charge is 0.493 e. The van der Waals surface area contributed by atoms with Gasteiger partial charge in [0.25, 0.3) is 0 Å². The summed E-state index contributed by atoms with van der Waals surface area (Å²) in [4.78, 5) is 0. The van der Waals surface area contributed by atoms with Crippen molar-refractivity contribution in [3.8, 4) is 23.0 Å². The van der Waals surface area contributed by atoms with Gasteiger partial charge in [0, 0.05) is 0 Å². The molecule has 0 aromatic heterocycles. The molecule has 27 heavy (non-hydrogen) atoms. The second-order valence-corrected chi connectivity index (χ2v) is 6.09. The summed E-state index contributed by atoms with van der Waals surface area (Å²) in [7, 11) is 3.24. The molecule has 6 nitrogen and oxygen atoms in total. The zero-order chi connectivity index (χ0) is 19.6. The van der Waals surface area contributed by atoms with Gasteiger partial charge in [0.15, 0.2) is 23.0 Å². The van der Waals surface area contributed by atoms with Gasteiger partial charge in [0.2, 0.25) is 0 Å². The van der Waals surface area contributed by atoms with Gasteiger partial charge in [0.1, 0.15) is 0 Å². The maximum atomic E-state index is 5.77. The normalized spacial score (nSPS) is 10.9. The average Bonchev–Trinajstić information content (AvgIpc) is 2.66. The van der Waals surface area contributed by atoms with Gasteiger partial charge >= 0.3 is 0 Å². The molecular formula is C21H28N2O4. The molecule has 0 bridgehead atoms. The van der Waals surface area contributed by atoms with Crippen molar-refractivity contribution in [2.75, 3.05) is 20.8 Å². The van der Waals surface area contributed by atoms with Crippen molar-refractivity contribution in [3.05, 3.63) is 47.5 Å². The number of nitrogens with one attached hydrogen (secondary N) is 1. The molecule has 2 aromatic carbocycles. The molecule has 1 N–H and O–H groups in total. The zero-order valence-electron chi connectivity index (χ0n) is 16.6. The minimum absolute atomic E-state index is 0.0897. The van der Waals surface area contributed by atoms with Crippen LogP contribution in [0.25, 0.3) is 0 Å². The minimum Gasteiger partial charge on any atom is -0.493 e. The van der Waals surface area contributed by atoms with E-state index in [0.717, 1.165) is 22.6 Å². The number of rotatable bonds is 10. The Kier molecular flexibility index (Phi) is 7.79. The maximum Gasteiger partial charge on any atom is 0.161 e. The van der Waals surface area contributed by atoms with Crippen LogP contribution in [-0.2, 0) is 6.54 Å². The van der Waals surface area contributed by atoms with E-state index in [1.165, 1.54) is 0 Å². The highest BCUT2D eigenvalue weighted by Crippen LogP contribution is 2.29. The van der Waals surface area contributed by atoms with E-state index in [0.29, 0.717) is 24.7 Å². The lowest BCUT2D eigenvalue weighted by Crippen LogP contribution is -2.08. The third kappa shape index (κ3) is 6.09. The third-order valence-electron chi connectivity index (χ3n) is 3.67. The van der Waals surface area contributed by atoms with Gasteiger partial charge in [-0.15, -0.1) is 0 Å². The van der Waals surface area contributed by atoms with Crippen LogP contribution in [-0.4, -0.2) is 33.1 Å². The number of nitrogens with zero attached hydrogens (tertiary/aromatic N) is 1. The van der Waals surface area contributed by atoms with Crippen molar-refractivity contribution in [1.29, 1.82) is 0 Å². The highest BCUT2D eigenvalue weighted by atomic mass is 16.5. The summed E-state index contributed by atoms with van der Waals surface area (Å²) >= 11 is 0. The first-order valence-electron chi connectivity index (χ1n) is 8.97. The van der Waals surface area contributed by atoms with Crippen LogP contribution in [0, 0.1) is 0 Å². The summed E-state index contributed by atoms with van der Waals surface area (Å²) in [6, 6.07) is 11.5. The van der Waals surface area contributed by atoms with Gasteiger partial charge in [-0.3, -0.25) is 0 Å². The van der Waals surface area contributed by atoms with E-state index in [9.17, 15) is 0 Å². The van der Waals surface area contributed by atoms with E-state index in [4.69, 9.17) is 18.9 Å². The van der Waals surface area contributed by atoms with Gasteiger partial charge in [0.05, 0.1) is 39.7 Å². The molecule has 0 aliphatic rings. The van der Waals surface area contributed by atoms with E-state index < -0.39 is 0 Å². The van der Waals surface area contributed by atoms with Crippen LogP contribution in [0.2, 0.25) is 0 Å². The van der Waals surface area contributed by atoms with E-state index in [1.807, 2.05) is 57.2 Å². The van der Waals surface area contributed by atoms with Gasteiger partial charge in [-0.05, 0) is 62.2 Å². The second-order valence-electron chi connectivity index (χ2n) is 6.09. The molecular weight excluding hydrogens is 344 g/mol. The van der Waals surface area contributed by atoms with E-state index in [2.05, 4.69) is 10.5 Å². The lowest BCUT2D eigenvalue weighted by Gasteiger charge is -2.14. The van der Waals surface area contributed by atoms with Crippen molar-refractivity contribution >= 4 is 6.21 Å².